The number of hydrogen-bond acceptors (Lipinski definition) is 4. The lowest BCUT2D eigenvalue weighted by atomic mass is 10.3. The van der Waals surface area contributed by atoms with Gasteiger partial charge in [0.1, 0.15) is 11.5 Å². The lowest BCUT2D eigenvalue weighted by Gasteiger charge is -2.14. The van der Waals surface area contributed by atoms with Gasteiger partial charge in [-0.3, -0.25) is 0 Å². The number of hydrogen-bond donors (Lipinski definition) is 1. The van der Waals surface area contributed by atoms with Gasteiger partial charge >= 0.3 is 8.60 Å². The van der Waals surface area contributed by atoms with Crippen LogP contribution >= 0.6 is 8.60 Å². The molecule has 0 fully saturated rings. The topological polar surface area (TPSA) is 53.7 Å². The van der Waals surface area contributed by atoms with Crippen LogP contribution in [0, 0.1) is 0 Å². The molecule has 0 saturated carbocycles. The molecule has 0 unspecified atom stereocenters. The molecule has 0 aliphatic heterocycles. The maximum Gasteiger partial charge on any atom is 0.481 e. The van der Waals surface area contributed by atoms with Crippen molar-refractivity contribution in [1.82, 2.24) is 0 Å². The van der Waals surface area contributed by atoms with Crippen LogP contribution in [0.3, 0.4) is 0 Å². The lowest BCUT2D eigenvalue weighted by molar-refractivity contribution is 0.274. The van der Waals surface area contributed by atoms with Crippen molar-refractivity contribution in [3.05, 3.63) is 60.7 Å². The molecule has 0 aromatic heterocycles. The number of para-hydroxylation sites is 2. The zero-order valence-electron chi connectivity index (χ0n) is 9.02. The van der Waals surface area contributed by atoms with Crippen molar-refractivity contribution >= 4 is 8.60 Å². The van der Waals surface area contributed by atoms with Crippen LogP contribution in [0.1, 0.15) is 0 Å². The highest BCUT2D eigenvalue weighted by molar-refractivity contribution is 7.42. The highest BCUT2D eigenvalue weighted by atomic mass is 31.2. The van der Waals surface area contributed by atoms with Gasteiger partial charge in [-0.05, 0) is 24.3 Å². The Morgan fingerprint density at radius 1 is 0.706 bits per heavy atom. The van der Waals surface area contributed by atoms with Crippen LogP contribution in [-0.2, 0) is 4.62 Å². The van der Waals surface area contributed by atoms with E-state index in [0.29, 0.717) is 11.5 Å². The van der Waals surface area contributed by atoms with Crippen LogP contribution in [0.5, 0.6) is 11.5 Å². The SMILES string of the molecule is NOP(Oc1ccccc1)Oc1ccccc1. The molecule has 88 valence electrons. The van der Waals surface area contributed by atoms with Crippen LogP contribution in [0.2, 0.25) is 0 Å². The van der Waals surface area contributed by atoms with E-state index in [2.05, 4.69) is 4.62 Å². The quantitative estimate of drug-likeness (QED) is 0.652. The van der Waals surface area contributed by atoms with Gasteiger partial charge in [-0.25, -0.2) is 10.5 Å². The molecule has 0 saturated heterocycles. The molecule has 0 aliphatic carbocycles. The first-order valence-corrected chi connectivity index (χ1v) is 6.11. The van der Waals surface area contributed by atoms with Gasteiger partial charge in [-0.2, -0.15) is 0 Å². The summed E-state index contributed by atoms with van der Waals surface area (Å²) in [4.78, 5) is 0. The number of rotatable bonds is 5. The summed E-state index contributed by atoms with van der Waals surface area (Å²) in [6, 6.07) is 18.5. The summed E-state index contributed by atoms with van der Waals surface area (Å²) < 4.78 is 15.6. The van der Waals surface area contributed by atoms with Crippen molar-refractivity contribution in [2.75, 3.05) is 0 Å². The largest absolute Gasteiger partial charge is 0.481 e. The smallest absolute Gasteiger partial charge is 0.417 e. The summed E-state index contributed by atoms with van der Waals surface area (Å²) in [5, 5.41) is 0. The predicted molar refractivity (Wildman–Crippen MR) is 66.3 cm³/mol. The van der Waals surface area contributed by atoms with Crippen molar-refractivity contribution in [2.24, 2.45) is 5.90 Å². The maximum atomic E-state index is 5.46. The van der Waals surface area contributed by atoms with Gasteiger partial charge < -0.3 is 9.05 Å². The molecular weight excluding hydrogens is 237 g/mol. The summed E-state index contributed by atoms with van der Waals surface area (Å²) in [5.41, 5.74) is 0. The molecule has 2 N–H and O–H groups in total. The second-order valence-electron chi connectivity index (χ2n) is 3.14. The third-order valence-corrected chi connectivity index (χ3v) is 2.82. The first kappa shape index (κ1) is 11.9. The number of benzene rings is 2. The van der Waals surface area contributed by atoms with Crippen molar-refractivity contribution in [2.45, 2.75) is 0 Å². The van der Waals surface area contributed by atoms with Gasteiger partial charge in [0.2, 0.25) is 0 Å². The van der Waals surface area contributed by atoms with E-state index in [1.54, 1.807) is 0 Å². The van der Waals surface area contributed by atoms with Crippen LogP contribution < -0.4 is 14.9 Å². The zero-order chi connectivity index (χ0) is 11.9. The molecule has 0 radical (unpaired) electrons. The first-order valence-electron chi connectivity index (χ1n) is 5.01. The Morgan fingerprint density at radius 2 is 1.12 bits per heavy atom. The lowest BCUT2D eigenvalue weighted by Crippen LogP contribution is -2.03. The van der Waals surface area contributed by atoms with E-state index in [-0.39, 0.29) is 0 Å². The zero-order valence-corrected chi connectivity index (χ0v) is 9.92. The highest BCUT2D eigenvalue weighted by Gasteiger charge is 2.15. The highest BCUT2D eigenvalue weighted by Crippen LogP contribution is 2.39. The predicted octanol–water partition coefficient (Wildman–Crippen LogP) is 3.26. The van der Waals surface area contributed by atoms with E-state index in [0.717, 1.165) is 0 Å². The van der Waals surface area contributed by atoms with Crippen LogP contribution in [0.25, 0.3) is 0 Å². The third kappa shape index (κ3) is 3.71. The molecule has 0 amide bonds. The minimum Gasteiger partial charge on any atom is -0.417 e. The van der Waals surface area contributed by atoms with E-state index in [1.165, 1.54) is 0 Å². The summed E-state index contributed by atoms with van der Waals surface area (Å²) in [5.74, 6) is 6.45. The molecule has 0 heterocycles. The Balaban J connectivity index is 1.98. The molecule has 0 spiro atoms. The molecule has 0 aliphatic rings. The summed E-state index contributed by atoms with van der Waals surface area (Å²) in [6.45, 7) is 0. The van der Waals surface area contributed by atoms with E-state index in [9.17, 15) is 0 Å². The second-order valence-corrected chi connectivity index (χ2v) is 4.16. The van der Waals surface area contributed by atoms with Gasteiger partial charge in [0, 0.05) is 0 Å². The van der Waals surface area contributed by atoms with Crippen LogP contribution in [0.15, 0.2) is 60.7 Å². The normalized spacial score (nSPS) is 10.2. The fourth-order valence-electron chi connectivity index (χ4n) is 1.20. The van der Waals surface area contributed by atoms with Crippen LogP contribution in [0.4, 0.5) is 0 Å². The Kier molecular flexibility index (Phi) is 4.33. The summed E-state index contributed by atoms with van der Waals surface area (Å²) in [7, 11) is -1.63. The van der Waals surface area contributed by atoms with Crippen molar-refractivity contribution in [3.8, 4) is 11.5 Å². The summed E-state index contributed by atoms with van der Waals surface area (Å²) in [6.07, 6.45) is 0. The minimum absolute atomic E-state index is 0.653. The Bertz CT molecular complexity index is 397. The Hall–Kier alpha value is -1.61. The average Bonchev–Trinajstić information content (AvgIpc) is 2.40. The molecule has 4 nitrogen and oxygen atoms in total. The van der Waals surface area contributed by atoms with Crippen molar-refractivity contribution in [1.29, 1.82) is 0 Å². The second kappa shape index (κ2) is 6.21. The molecule has 5 heteroatoms. The fourth-order valence-corrected chi connectivity index (χ4v) is 1.91. The van der Waals surface area contributed by atoms with Gasteiger partial charge in [-0.1, -0.05) is 36.4 Å². The molecule has 2 rings (SSSR count). The standard InChI is InChI=1S/C12H12NO3P/c13-16-17(14-11-7-3-1-4-8-11)15-12-9-5-2-6-10-12/h1-10H,13H2. The first-order chi connectivity index (χ1) is 8.38. The minimum atomic E-state index is -1.63. The van der Waals surface area contributed by atoms with Crippen LogP contribution in [-0.4, -0.2) is 0 Å². The molecular formula is C12H12NO3P. The van der Waals surface area contributed by atoms with E-state index < -0.39 is 8.60 Å². The van der Waals surface area contributed by atoms with E-state index >= 15 is 0 Å². The molecule has 0 bridgehead atoms. The van der Waals surface area contributed by atoms with Gasteiger partial charge in [-0.15, -0.1) is 0 Å². The summed E-state index contributed by atoms with van der Waals surface area (Å²) >= 11 is 0. The molecule has 2 aromatic carbocycles. The van der Waals surface area contributed by atoms with Gasteiger partial charge in [0.25, 0.3) is 0 Å². The average molecular weight is 249 g/mol. The maximum absolute atomic E-state index is 5.46. The molecule has 2 aromatic rings. The van der Waals surface area contributed by atoms with Gasteiger partial charge in [0.05, 0.1) is 0 Å². The number of nitrogens with two attached hydrogens (primary N) is 1. The Labute approximate surface area is 101 Å². The fraction of sp³-hybridized carbons (Fsp3) is 0. The Morgan fingerprint density at radius 3 is 1.47 bits per heavy atom. The monoisotopic (exact) mass is 249 g/mol. The molecule has 0 atom stereocenters. The van der Waals surface area contributed by atoms with E-state index in [1.807, 2.05) is 60.7 Å². The van der Waals surface area contributed by atoms with E-state index in [4.69, 9.17) is 14.9 Å². The van der Waals surface area contributed by atoms with Crippen molar-refractivity contribution in [3.63, 3.8) is 0 Å². The van der Waals surface area contributed by atoms with Crippen molar-refractivity contribution < 1.29 is 13.7 Å². The molecule has 17 heavy (non-hydrogen) atoms. The third-order valence-electron chi connectivity index (χ3n) is 1.93. The van der Waals surface area contributed by atoms with Gasteiger partial charge in [0.15, 0.2) is 0 Å².